The highest BCUT2D eigenvalue weighted by Crippen LogP contribution is 2.20. The molecule has 1 heterocycles. The second-order valence-corrected chi connectivity index (χ2v) is 9.12. The van der Waals surface area contributed by atoms with E-state index in [1.807, 2.05) is 6.26 Å². The van der Waals surface area contributed by atoms with Crippen LogP contribution in [0, 0.1) is 0 Å². The molecule has 10 heteroatoms. The number of benzene rings is 1. The van der Waals surface area contributed by atoms with Gasteiger partial charge in [-0.25, -0.2) is 9.97 Å². The van der Waals surface area contributed by atoms with Crippen LogP contribution in [0.3, 0.4) is 0 Å². The van der Waals surface area contributed by atoms with Crippen molar-refractivity contribution in [3.8, 4) is 5.75 Å². The highest BCUT2D eigenvalue weighted by molar-refractivity contribution is 9.10. The Morgan fingerprint density at radius 2 is 1.97 bits per heavy atom. The van der Waals surface area contributed by atoms with Gasteiger partial charge in [0, 0.05) is 17.6 Å². The molecule has 0 bridgehead atoms. The van der Waals surface area contributed by atoms with Gasteiger partial charge in [-0.3, -0.25) is 9.59 Å². The summed E-state index contributed by atoms with van der Waals surface area (Å²) >= 11 is 6.43. The number of amides is 2. The largest absolute Gasteiger partial charge is 0.497 e. The third-order valence-electron chi connectivity index (χ3n) is 3.96. The van der Waals surface area contributed by atoms with Crippen LogP contribution in [0.5, 0.6) is 5.75 Å². The van der Waals surface area contributed by atoms with Crippen molar-refractivity contribution in [1.82, 2.24) is 15.3 Å². The molecule has 0 saturated heterocycles. The van der Waals surface area contributed by atoms with Gasteiger partial charge >= 0.3 is 0 Å². The van der Waals surface area contributed by atoms with Gasteiger partial charge in [-0.2, -0.15) is 11.8 Å². The highest BCUT2D eigenvalue weighted by Gasteiger charge is 2.23. The number of carbonyl (C=O) groups is 2. The van der Waals surface area contributed by atoms with Gasteiger partial charge in [-0.1, -0.05) is 18.7 Å². The van der Waals surface area contributed by atoms with Crippen LogP contribution in [0.2, 0.25) is 0 Å². The number of carbonyl (C=O) groups excluding carboxylic acids is 2. The van der Waals surface area contributed by atoms with Gasteiger partial charge in [-0.05, 0) is 65.0 Å². The molecule has 0 aliphatic rings. The average molecular weight is 513 g/mol. The Kier molecular flexibility index (Phi) is 10.5. The van der Waals surface area contributed by atoms with Crippen molar-refractivity contribution in [2.45, 2.75) is 31.0 Å². The van der Waals surface area contributed by atoms with E-state index in [1.54, 1.807) is 49.3 Å². The lowest BCUT2D eigenvalue weighted by Crippen LogP contribution is -2.44. The van der Waals surface area contributed by atoms with Crippen LogP contribution in [-0.4, -0.2) is 52.7 Å². The lowest BCUT2D eigenvalue weighted by molar-refractivity contribution is -0.118. The van der Waals surface area contributed by atoms with Gasteiger partial charge in [0.25, 0.3) is 5.91 Å². The van der Waals surface area contributed by atoms with Gasteiger partial charge in [-0.15, -0.1) is 0 Å². The number of rotatable bonds is 11. The summed E-state index contributed by atoms with van der Waals surface area (Å²) in [6.45, 7) is 2.07. The molecule has 2 rings (SSSR count). The average Bonchev–Trinajstić information content (AvgIpc) is 2.76. The number of hydrogen-bond donors (Lipinski definition) is 2. The molecule has 162 valence electrons. The van der Waals surface area contributed by atoms with Crippen LogP contribution in [0.25, 0.3) is 0 Å². The van der Waals surface area contributed by atoms with Crippen LogP contribution in [0.1, 0.15) is 30.3 Å². The zero-order valence-corrected chi connectivity index (χ0v) is 20.3. The molecule has 1 atom stereocenters. The molecule has 1 aromatic carbocycles. The summed E-state index contributed by atoms with van der Waals surface area (Å²) in [5.41, 5.74) is 0.848. The third-order valence-corrected chi connectivity index (χ3v) is 6.25. The Morgan fingerprint density at radius 1 is 1.23 bits per heavy atom. The first-order chi connectivity index (χ1) is 14.5. The van der Waals surface area contributed by atoms with E-state index in [4.69, 9.17) is 4.74 Å². The van der Waals surface area contributed by atoms with Crippen LogP contribution in [-0.2, 0) is 4.79 Å². The summed E-state index contributed by atoms with van der Waals surface area (Å²) in [6, 6.07) is 6.34. The van der Waals surface area contributed by atoms with E-state index in [0.29, 0.717) is 27.5 Å². The summed E-state index contributed by atoms with van der Waals surface area (Å²) < 4.78 is 5.62. The number of aromatic nitrogens is 2. The maximum absolute atomic E-state index is 12.9. The van der Waals surface area contributed by atoms with E-state index in [9.17, 15) is 9.59 Å². The zero-order valence-electron chi connectivity index (χ0n) is 17.1. The molecule has 7 nitrogen and oxygen atoms in total. The van der Waals surface area contributed by atoms with Crippen LogP contribution in [0.4, 0.5) is 5.69 Å². The third kappa shape index (κ3) is 7.48. The van der Waals surface area contributed by atoms with Gasteiger partial charge in [0.1, 0.15) is 17.5 Å². The van der Waals surface area contributed by atoms with E-state index < -0.39 is 11.9 Å². The molecule has 0 fully saturated rings. The van der Waals surface area contributed by atoms with E-state index in [2.05, 4.69) is 43.5 Å². The minimum atomic E-state index is -0.694. The SMILES string of the molecule is CCCSc1ncc(Br)c(C(=O)N[C@H](CCSC)C(=O)Nc2ccc(OC)cc2)n1. The molecule has 30 heavy (non-hydrogen) atoms. The molecule has 0 saturated carbocycles. The topological polar surface area (TPSA) is 93.2 Å². The first kappa shape index (κ1) is 24.5. The number of nitrogens with one attached hydrogen (secondary N) is 2. The summed E-state index contributed by atoms with van der Waals surface area (Å²) in [7, 11) is 1.58. The fraction of sp³-hybridized carbons (Fsp3) is 0.400. The van der Waals surface area contributed by atoms with Crippen molar-refractivity contribution >= 4 is 57.0 Å². The molecule has 0 unspecified atom stereocenters. The fourth-order valence-electron chi connectivity index (χ4n) is 2.41. The minimum Gasteiger partial charge on any atom is -0.497 e. The van der Waals surface area contributed by atoms with E-state index in [-0.39, 0.29) is 11.6 Å². The number of ether oxygens (including phenoxy) is 1. The smallest absolute Gasteiger partial charge is 0.271 e. The highest BCUT2D eigenvalue weighted by atomic mass is 79.9. The number of methoxy groups -OCH3 is 1. The van der Waals surface area contributed by atoms with Crippen molar-refractivity contribution in [2.75, 3.05) is 30.2 Å². The number of anilines is 1. The first-order valence-electron chi connectivity index (χ1n) is 9.38. The van der Waals surface area contributed by atoms with Gasteiger partial charge in [0.05, 0.1) is 11.6 Å². The molecule has 0 spiro atoms. The normalized spacial score (nSPS) is 11.6. The van der Waals surface area contributed by atoms with Crippen molar-refractivity contribution in [1.29, 1.82) is 0 Å². The second-order valence-electron chi connectivity index (χ2n) is 6.22. The van der Waals surface area contributed by atoms with Crippen LogP contribution >= 0.6 is 39.5 Å². The van der Waals surface area contributed by atoms with Crippen molar-refractivity contribution in [3.05, 3.63) is 40.6 Å². The molecular weight excluding hydrogens is 488 g/mol. The zero-order chi connectivity index (χ0) is 21.9. The van der Waals surface area contributed by atoms with E-state index in [1.165, 1.54) is 11.8 Å². The molecule has 0 radical (unpaired) electrons. The van der Waals surface area contributed by atoms with E-state index >= 15 is 0 Å². The first-order valence-corrected chi connectivity index (χ1v) is 12.6. The molecular formula is C20H25BrN4O3S2. The Labute approximate surface area is 193 Å². The summed E-state index contributed by atoms with van der Waals surface area (Å²) in [5.74, 6) is 1.59. The van der Waals surface area contributed by atoms with E-state index in [0.717, 1.165) is 17.9 Å². The standard InChI is InChI=1S/C20H25BrN4O3S2/c1-4-10-30-20-22-12-15(21)17(25-20)19(27)24-16(9-11-29-3)18(26)23-13-5-7-14(28-2)8-6-13/h5-8,12,16H,4,9-11H2,1-3H3,(H,23,26)(H,24,27)/t16-/m1/s1. The molecule has 1 aromatic heterocycles. The number of thioether (sulfide) groups is 2. The summed E-state index contributed by atoms with van der Waals surface area (Å²) in [5, 5.41) is 6.20. The molecule has 2 aromatic rings. The predicted molar refractivity (Wildman–Crippen MR) is 127 cm³/mol. The Balaban J connectivity index is 2.12. The molecule has 2 amide bonds. The molecule has 0 aliphatic carbocycles. The predicted octanol–water partition coefficient (Wildman–Crippen LogP) is 4.24. The summed E-state index contributed by atoms with van der Waals surface area (Å²) in [4.78, 5) is 34.3. The van der Waals surface area contributed by atoms with Gasteiger partial charge < -0.3 is 15.4 Å². The Morgan fingerprint density at radius 3 is 2.60 bits per heavy atom. The molecule has 0 aliphatic heterocycles. The van der Waals surface area contributed by atoms with Gasteiger partial charge in [0.2, 0.25) is 5.91 Å². The van der Waals surface area contributed by atoms with Crippen LogP contribution in [0.15, 0.2) is 40.1 Å². The lowest BCUT2D eigenvalue weighted by Gasteiger charge is -2.18. The number of halogens is 1. The van der Waals surface area contributed by atoms with Crippen molar-refractivity contribution in [3.63, 3.8) is 0 Å². The number of hydrogen-bond acceptors (Lipinski definition) is 7. The maximum atomic E-state index is 12.9. The monoisotopic (exact) mass is 512 g/mol. The number of nitrogens with zero attached hydrogens (tertiary/aromatic N) is 2. The lowest BCUT2D eigenvalue weighted by atomic mass is 10.2. The summed E-state index contributed by atoms with van der Waals surface area (Å²) in [6.07, 6.45) is 5.00. The Bertz CT molecular complexity index is 852. The Hall–Kier alpha value is -1.78. The quantitative estimate of drug-likeness (QED) is 0.343. The maximum Gasteiger partial charge on any atom is 0.271 e. The van der Waals surface area contributed by atoms with Crippen molar-refractivity contribution < 1.29 is 14.3 Å². The van der Waals surface area contributed by atoms with Gasteiger partial charge in [0.15, 0.2) is 5.16 Å². The van der Waals surface area contributed by atoms with Crippen molar-refractivity contribution in [2.24, 2.45) is 0 Å². The fourth-order valence-corrected chi connectivity index (χ4v) is 3.92. The second kappa shape index (κ2) is 12.8. The molecule has 2 N–H and O–H groups in total. The minimum absolute atomic E-state index is 0.218. The van der Waals surface area contributed by atoms with Crippen LogP contribution < -0.4 is 15.4 Å².